The normalized spacial score (nSPS) is 10.9. The van der Waals surface area contributed by atoms with Crippen molar-refractivity contribution in [3.05, 3.63) is 57.1 Å². The Morgan fingerprint density at radius 2 is 2.00 bits per heavy atom. The van der Waals surface area contributed by atoms with E-state index in [1.807, 2.05) is 31.2 Å². The Balaban J connectivity index is 1.90. The van der Waals surface area contributed by atoms with Gasteiger partial charge in [-0.25, -0.2) is 0 Å². The van der Waals surface area contributed by atoms with Gasteiger partial charge in [0.25, 0.3) is 0 Å². The fourth-order valence-corrected chi connectivity index (χ4v) is 3.78. The summed E-state index contributed by atoms with van der Waals surface area (Å²) in [6.07, 6.45) is 0.504. The van der Waals surface area contributed by atoms with Crippen LogP contribution in [0.3, 0.4) is 0 Å². The van der Waals surface area contributed by atoms with E-state index in [1.165, 1.54) is 15.0 Å². The van der Waals surface area contributed by atoms with Crippen LogP contribution in [-0.2, 0) is 6.42 Å². The first-order chi connectivity index (χ1) is 8.74. The van der Waals surface area contributed by atoms with Crippen molar-refractivity contribution in [3.63, 3.8) is 0 Å². The van der Waals surface area contributed by atoms with Gasteiger partial charge in [0.1, 0.15) is 0 Å². The highest BCUT2D eigenvalue weighted by Gasteiger charge is 2.12. The molecule has 1 nitrogen and oxygen atoms in total. The van der Waals surface area contributed by atoms with Crippen molar-refractivity contribution >= 4 is 38.5 Å². The number of thiophene rings is 2. The maximum Gasteiger partial charge on any atom is 0.177 e. The number of ketones is 1. The molecule has 0 bridgehead atoms. The van der Waals surface area contributed by atoms with Gasteiger partial charge in [0.05, 0.1) is 4.88 Å². The summed E-state index contributed by atoms with van der Waals surface area (Å²) in [6, 6.07) is 12.2. The molecule has 0 fully saturated rings. The molecule has 0 aliphatic carbocycles. The molecular weight excluding hydrogens is 260 g/mol. The number of fused-ring (bicyclic) bond motifs is 1. The molecule has 0 aliphatic heterocycles. The highest BCUT2D eigenvalue weighted by Crippen LogP contribution is 2.27. The first-order valence-corrected chi connectivity index (χ1v) is 7.48. The van der Waals surface area contributed by atoms with Crippen molar-refractivity contribution in [2.75, 3.05) is 0 Å². The van der Waals surface area contributed by atoms with E-state index >= 15 is 0 Å². The van der Waals surface area contributed by atoms with Gasteiger partial charge < -0.3 is 0 Å². The number of aryl methyl sites for hydroxylation is 1. The van der Waals surface area contributed by atoms with Crippen LogP contribution >= 0.6 is 22.7 Å². The Morgan fingerprint density at radius 3 is 2.78 bits per heavy atom. The number of carbonyl (C=O) groups is 1. The molecular formula is C15H12OS2. The molecule has 0 spiro atoms. The minimum atomic E-state index is 0.219. The zero-order valence-corrected chi connectivity index (χ0v) is 11.6. The zero-order valence-electron chi connectivity index (χ0n) is 9.97. The van der Waals surface area contributed by atoms with Gasteiger partial charge in [-0.1, -0.05) is 18.2 Å². The summed E-state index contributed by atoms with van der Waals surface area (Å²) in [7, 11) is 0. The van der Waals surface area contributed by atoms with Crippen molar-refractivity contribution in [1.82, 2.24) is 0 Å². The quantitative estimate of drug-likeness (QED) is 0.632. The Hall–Kier alpha value is -1.45. The Labute approximate surface area is 114 Å². The molecule has 0 atom stereocenters. The lowest BCUT2D eigenvalue weighted by molar-refractivity contribution is 0.0997. The third-order valence-corrected chi connectivity index (χ3v) is 4.98. The highest BCUT2D eigenvalue weighted by atomic mass is 32.1. The van der Waals surface area contributed by atoms with Gasteiger partial charge in [-0.2, -0.15) is 0 Å². The van der Waals surface area contributed by atoms with Gasteiger partial charge in [-0.15, -0.1) is 22.7 Å². The molecule has 0 unspecified atom stereocenters. The minimum Gasteiger partial charge on any atom is -0.293 e. The maximum atomic E-state index is 12.2. The van der Waals surface area contributed by atoms with Crippen LogP contribution in [0.4, 0.5) is 0 Å². The fourth-order valence-electron chi connectivity index (χ4n) is 2.01. The lowest BCUT2D eigenvalue weighted by Gasteiger charge is -1.97. The van der Waals surface area contributed by atoms with E-state index < -0.39 is 0 Å². The monoisotopic (exact) mass is 272 g/mol. The van der Waals surface area contributed by atoms with Crippen LogP contribution in [-0.4, -0.2) is 5.78 Å². The van der Waals surface area contributed by atoms with Crippen LogP contribution < -0.4 is 0 Å². The van der Waals surface area contributed by atoms with E-state index in [1.54, 1.807) is 22.7 Å². The lowest BCUT2D eigenvalue weighted by atomic mass is 10.1. The van der Waals surface area contributed by atoms with E-state index in [0.717, 1.165) is 10.4 Å². The van der Waals surface area contributed by atoms with Crippen LogP contribution in [0, 0.1) is 6.92 Å². The molecule has 0 amide bonds. The molecule has 1 aromatic carbocycles. The predicted octanol–water partition coefficient (Wildman–Crippen LogP) is 4.70. The Kier molecular flexibility index (Phi) is 3.02. The lowest BCUT2D eigenvalue weighted by Crippen LogP contribution is -2.00. The van der Waals surface area contributed by atoms with E-state index in [0.29, 0.717) is 6.42 Å². The predicted molar refractivity (Wildman–Crippen MR) is 78.9 cm³/mol. The Morgan fingerprint density at radius 1 is 1.17 bits per heavy atom. The summed E-state index contributed by atoms with van der Waals surface area (Å²) >= 11 is 3.28. The van der Waals surface area contributed by atoms with Crippen LogP contribution in [0.25, 0.3) is 10.1 Å². The second kappa shape index (κ2) is 4.67. The molecule has 2 aromatic heterocycles. The van der Waals surface area contributed by atoms with Gasteiger partial charge in [0.2, 0.25) is 0 Å². The molecule has 0 N–H and O–H groups in total. The smallest absolute Gasteiger partial charge is 0.177 e. The van der Waals surface area contributed by atoms with Crippen LogP contribution in [0.15, 0.2) is 41.8 Å². The third kappa shape index (κ3) is 2.11. The standard InChI is InChI=1S/C15H12OS2/c1-10-6-7-15(18-10)13(16)8-11-9-17-14-5-3-2-4-12(11)14/h2-7,9H,8H2,1H3. The van der Waals surface area contributed by atoms with Gasteiger partial charge in [0.15, 0.2) is 5.78 Å². The van der Waals surface area contributed by atoms with Crippen molar-refractivity contribution < 1.29 is 4.79 Å². The summed E-state index contributed by atoms with van der Waals surface area (Å²) in [5, 5.41) is 3.31. The minimum absolute atomic E-state index is 0.219. The zero-order chi connectivity index (χ0) is 12.5. The average molecular weight is 272 g/mol. The number of hydrogen-bond acceptors (Lipinski definition) is 3. The summed E-state index contributed by atoms with van der Waals surface area (Å²) in [4.78, 5) is 14.2. The van der Waals surface area contributed by atoms with Crippen molar-refractivity contribution in [2.24, 2.45) is 0 Å². The van der Waals surface area contributed by atoms with Crippen molar-refractivity contribution in [3.8, 4) is 0 Å². The fraction of sp³-hybridized carbons (Fsp3) is 0.133. The molecule has 18 heavy (non-hydrogen) atoms. The number of benzene rings is 1. The molecule has 0 saturated heterocycles. The summed E-state index contributed by atoms with van der Waals surface area (Å²) in [5.41, 5.74) is 1.15. The first-order valence-electron chi connectivity index (χ1n) is 5.79. The number of rotatable bonds is 3. The number of hydrogen-bond donors (Lipinski definition) is 0. The van der Waals surface area contributed by atoms with Gasteiger partial charge in [0, 0.05) is 16.0 Å². The van der Waals surface area contributed by atoms with E-state index in [2.05, 4.69) is 17.5 Å². The maximum absolute atomic E-state index is 12.2. The molecule has 0 aliphatic rings. The molecule has 3 rings (SSSR count). The Bertz CT molecular complexity index is 706. The molecule has 3 heteroatoms. The first kappa shape index (κ1) is 11.6. The molecule has 3 aromatic rings. The second-order valence-electron chi connectivity index (χ2n) is 4.27. The van der Waals surface area contributed by atoms with E-state index in [-0.39, 0.29) is 5.78 Å². The molecule has 90 valence electrons. The molecule has 0 radical (unpaired) electrons. The van der Waals surface area contributed by atoms with Crippen LogP contribution in [0.2, 0.25) is 0 Å². The van der Waals surface area contributed by atoms with Gasteiger partial charge in [-0.05, 0) is 41.5 Å². The second-order valence-corrected chi connectivity index (χ2v) is 6.47. The van der Waals surface area contributed by atoms with E-state index in [4.69, 9.17) is 0 Å². The van der Waals surface area contributed by atoms with E-state index in [9.17, 15) is 4.79 Å². The summed E-state index contributed by atoms with van der Waals surface area (Å²) in [5.74, 6) is 0.219. The molecule has 0 saturated carbocycles. The molecule has 2 heterocycles. The summed E-state index contributed by atoms with van der Waals surface area (Å²) in [6.45, 7) is 2.03. The van der Waals surface area contributed by atoms with Crippen molar-refractivity contribution in [1.29, 1.82) is 0 Å². The SMILES string of the molecule is Cc1ccc(C(=O)Cc2csc3ccccc23)s1. The van der Waals surface area contributed by atoms with Crippen LogP contribution in [0.5, 0.6) is 0 Å². The third-order valence-electron chi connectivity index (χ3n) is 2.93. The van der Waals surface area contributed by atoms with Gasteiger partial charge >= 0.3 is 0 Å². The van der Waals surface area contributed by atoms with Crippen molar-refractivity contribution in [2.45, 2.75) is 13.3 Å². The summed E-state index contributed by atoms with van der Waals surface area (Å²) < 4.78 is 1.25. The van der Waals surface area contributed by atoms with Crippen LogP contribution in [0.1, 0.15) is 20.1 Å². The van der Waals surface area contributed by atoms with Gasteiger partial charge in [-0.3, -0.25) is 4.79 Å². The average Bonchev–Trinajstić information content (AvgIpc) is 2.97. The topological polar surface area (TPSA) is 17.1 Å². The number of carbonyl (C=O) groups excluding carboxylic acids is 1. The largest absolute Gasteiger partial charge is 0.293 e. The highest BCUT2D eigenvalue weighted by molar-refractivity contribution is 7.17. The number of Topliss-reactive ketones (excluding diaryl/α,β-unsaturated/α-hetero) is 1.